The molecule has 5 aromatic carbocycles. The zero-order valence-corrected chi connectivity index (χ0v) is 45.9. The molecule has 0 spiro atoms. The van der Waals surface area contributed by atoms with Gasteiger partial charge in [-0.2, -0.15) is 36.7 Å². The zero-order valence-electron chi connectivity index (χ0n) is 43.5. The van der Waals surface area contributed by atoms with Crippen LogP contribution >= 0.6 is 23.5 Å². The van der Waals surface area contributed by atoms with Crippen molar-refractivity contribution in [2.24, 2.45) is 0 Å². The third-order valence-corrected chi connectivity index (χ3v) is 14.3. The summed E-state index contributed by atoms with van der Waals surface area (Å²) in [5, 5.41) is 36.9. The molecule has 0 aliphatic heterocycles. The number of aryl methyl sites for hydroxylation is 1. The summed E-state index contributed by atoms with van der Waals surface area (Å²) in [6.45, 7) is 1.86. The van der Waals surface area contributed by atoms with Crippen LogP contribution in [0.4, 0.5) is 24.5 Å². The summed E-state index contributed by atoms with van der Waals surface area (Å²) >= 11 is 3.01. The Bertz CT molecular complexity index is 3410. The maximum atomic E-state index is 13.2. The Labute approximate surface area is 471 Å². The third kappa shape index (κ3) is 19.2. The first-order chi connectivity index (χ1) is 38.5. The Kier molecular flexibility index (Phi) is 23.4. The van der Waals surface area contributed by atoms with Crippen molar-refractivity contribution in [1.82, 2.24) is 29.6 Å². The number of carboxylic acids is 3. The molecule has 0 saturated carbocycles. The van der Waals surface area contributed by atoms with Crippen molar-refractivity contribution in [3.05, 3.63) is 174 Å². The van der Waals surface area contributed by atoms with E-state index in [1.165, 1.54) is 54.2 Å². The lowest BCUT2D eigenvalue weighted by molar-refractivity contribution is -0.192. The van der Waals surface area contributed by atoms with Gasteiger partial charge in [-0.1, -0.05) is 78.4 Å². The molecule has 0 saturated heterocycles. The minimum Gasteiger partial charge on any atom is -0.480 e. The number of carboxylic acid groups (broad SMARTS) is 3. The van der Waals surface area contributed by atoms with E-state index in [1.54, 1.807) is 60.8 Å². The molecule has 0 aliphatic carbocycles. The highest BCUT2D eigenvalue weighted by atomic mass is 32.2. The fourth-order valence-corrected chi connectivity index (χ4v) is 9.44. The Morgan fingerprint density at radius 3 is 1.53 bits per heavy atom. The predicted molar refractivity (Wildman–Crippen MR) is 300 cm³/mol. The monoisotopic (exact) mass is 1170 g/mol. The highest BCUT2D eigenvalue weighted by molar-refractivity contribution is 7.98. The maximum Gasteiger partial charge on any atom is 0.490 e. The van der Waals surface area contributed by atoms with Crippen LogP contribution in [0.15, 0.2) is 151 Å². The van der Waals surface area contributed by atoms with Crippen molar-refractivity contribution in [3.8, 4) is 22.3 Å². The molecule has 26 heteroatoms. The van der Waals surface area contributed by atoms with Gasteiger partial charge >= 0.3 is 24.1 Å². The van der Waals surface area contributed by atoms with Crippen LogP contribution in [0.25, 0.3) is 22.3 Å². The fourth-order valence-electron chi connectivity index (χ4n) is 7.34. The molecule has 7 rings (SSSR count). The number of aliphatic carboxylic acids is 3. The number of carbonyl (C=O) groups is 7. The van der Waals surface area contributed by atoms with Gasteiger partial charge in [0.1, 0.15) is 18.4 Å². The molecule has 2 atom stereocenters. The van der Waals surface area contributed by atoms with E-state index in [9.17, 15) is 60.6 Å². The maximum absolute atomic E-state index is 13.2. The Morgan fingerprint density at radius 2 is 1.12 bits per heavy atom. The molecular formula is C55H55F3N8O12S3. The van der Waals surface area contributed by atoms with Crippen molar-refractivity contribution in [2.75, 3.05) is 34.7 Å². The van der Waals surface area contributed by atoms with Crippen molar-refractivity contribution in [1.29, 1.82) is 0 Å². The van der Waals surface area contributed by atoms with Crippen LogP contribution in [-0.4, -0.2) is 126 Å². The van der Waals surface area contributed by atoms with Gasteiger partial charge in [0, 0.05) is 40.6 Å². The molecule has 0 aliphatic rings. The summed E-state index contributed by atoms with van der Waals surface area (Å²) in [5.74, 6) is -5.44. The summed E-state index contributed by atoms with van der Waals surface area (Å²) in [5.41, 5.74) is 5.97. The number of nitrogens with one attached hydrogen (secondary N) is 5. The topological polar surface area (TPSA) is 309 Å². The third-order valence-electron chi connectivity index (χ3n) is 11.4. The van der Waals surface area contributed by atoms with Gasteiger partial charge in [0.25, 0.3) is 21.8 Å². The van der Waals surface area contributed by atoms with Crippen molar-refractivity contribution >= 4 is 86.5 Å². The van der Waals surface area contributed by atoms with E-state index >= 15 is 0 Å². The van der Waals surface area contributed by atoms with Crippen LogP contribution < -0.4 is 21.3 Å². The number of aromatic nitrogens is 4. The SMILES string of the molecule is CSCC[C@H](NC(=O)c1ccc(NC(=O)Cc2cn(S(=O)(=O)c3ccc(C)cc3)cn2)cc1-c1ccccc1)C(=O)O.CSCC[C@H](NC(=O)c1ccc(NC(=O)Cc2cnc[nH]2)cc1-c1ccccc1)C(=O)O.O=C(O)C(F)(F)F. The number of aromatic amines is 1. The van der Waals surface area contributed by atoms with Crippen molar-refractivity contribution < 1.29 is 70.5 Å². The number of rotatable bonds is 22. The lowest BCUT2D eigenvalue weighted by atomic mass is 9.98. The van der Waals surface area contributed by atoms with Crippen LogP contribution in [0.1, 0.15) is 50.5 Å². The lowest BCUT2D eigenvalue weighted by Gasteiger charge is -2.17. The molecule has 8 N–H and O–H groups in total. The molecule has 7 aromatic rings. The largest absolute Gasteiger partial charge is 0.490 e. The van der Waals surface area contributed by atoms with E-state index in [0.29, 0.717) is 57.2 Å². The number of H-pyrrole nitrogens is 1. The molecule has 0 bridgehead atoms. The van der Waals surface area contributed by atoms with Gasteiger partial charge in [0.2, 0.25) is 11.8 Å². The van der Waals surface area contributed by atoms with Crippen molar-refractivity contribution in [2.45, 2.75) is 55.8 Å². The number of hydrogen-bond acceptors (Lipinski definition) is 13. The molecule has 0 fully saturated rings. The second-order valence-corrected chi connectivity index (χ2v) is 21.2. The zero-order chi connectivity index (χ0) is 59.3. The molecule has 0 radical (unpaired) electrons. The average Bonchev–Trinajstić information content (AvgIpc) is 4.22. The quantitative estimate of drug-likeness (QED) is 0.0318. The standard InChI is InChI=1S/C30H30N4O6S2.C23H24N4O4S.C2HF3O2/c1-20-8-11-24(12-9-20)42(39,40)34-18-23(31-19-34)17-28(35)32-22-10-13-25(26(16-22)21-6-4-3-5-7-21)29(36)33-27(30(37)38)14-15-41-2;1-32-10-9-20(23(30)31)27-22(29)18-8-7-16(11-19(18)15-5-3-2-4-6-15)26-21(28)12-17-13-24-14-25-17;3-2(4,5)1(6)7/h3-13,16,18-19,27H,14-15,17H2,1-2H3,(H,32,35)(H,33,36)(H,37,38);2-8,11,13-14,20H,9-10,12H2,1H3,(H,24,25)(H,26,28)(H,27,29)(H,30,31);(H,6,7)/t27-;20-;/m00./s1. The van der Waals surface area contributed by atoms with Crippen LogP contribution in [0.3, 0.4) is 0 Å². The molecule has 2 aromatic heterocycles. The molecular weight excluding hydrogens is 1120 g/mol. The fraction of sp³-hybridized carbons (Fsp3) is 0.218. The van der Waals surface area contributed by atoms with E-state index in [2.05, 4.69) is 36.2 Å². The van der Waals surface area contributed by atoms with Crippen molar-refractivity contribution in [3.63, 3.8) is 0 Å². The van der Waals surface area contributed by atoms with E-state index in [0.717, 1.165) is 21.4 Å². The Morgan fingerprint density at radius 1 is 0.667 bits per heavy atom. The molecule has 4 amide bonds. The summed E-state index contributed by atoms with van der Waals surface area (Å²) in [7, 11) is -3.85. The van der Waals surface area contributed by atoms with E-state index in [-0.39, 0.29) is 41.3 Å². The van der Waals surface area contributed by atoms with Crippen LogP contribution in [0.5, 0.6) is 0 Å². The van der Waals surface area contributed by atoms with Gasteiger partial charge < -0.3 is 41.6 Å². The number of halogens is 3. The number of alkyl halides is 3. The van der Waals surface area contributed by atoms with Crippen LogP contribution in [-0.2, 0) is 46.8 Å². The summed E-state index contributed by atoms with van der Waals surface area (Å²) in [4.78, 5) is 94.5. The summed E-state index contributed by atoms with van der Waals surface area (Å²) in [6.07, 6.45) is 4.76. The molecule has 0 unspecified atom stereocenters. The smallest absolute Gasteiger partial charge is 0.480 e. The number of anilines is 2. The van der Waals surface area contributed by atoms with Gasteiger partial charge in [0.05, 0.1) is 29.8 Å². The highest BCUT2D eigenvalue weighted by Gasteiger charge is 2.38. The number of imidazole rings is 2. The number of carbonyl (C=O) groups excluding carboxylic acids is 4. The number of nitrogens with zero attached hydrogens (tertiary/aromatic N) is 3. The first-order valence-electron chi connectivity index (χ1n) is 24.2. The number of hydrogen-bond donors (Lipinski definition) is 8. The van der Waals surface area contributed by atoms with Gasteiger partial charge in [-0.15, -0.1) is 0 Å². The van der Waals surface area contributed by atoms with Gasteiger partial charge in [-0.25, -0.2) is 36.7 Å². The molecule has 81 heavy (non-hydrogen) atoms. The molecule has 20 nitrogen and oxygen atoms in total. The first kappa shape index (κ1) is 63.1. The van der Waals surface area contributed by atoms with E-state index in [1.807, 2.05) is 68.0 Å². The minimum atomic E-state index is -5.08. The van der Waals surface area contributed by atoms with Crippen LogP contribution in [0, 0.1) is 6.92 Å². The second kappa shape index (κ2) is 30.0. The minimum absolute atomic E-state index is 0.109. The summed E-state index contributed by atoms with van der Waals surface area (Å²) < 4.78 is 58.5. The Balaban J connectivity index is 0.000000273. The van der Waals surface area contributed by atoms with Crippen LogP contribution in [0.2, 0.25) is 0 Å². The second-order valence-electron chi connectivity index (χ2n) is 17.4. The molecule has 2 heterocycles. The van der Waals surface area contributed by atoms with E-state index < -0.39 is 63.9 Å². The highest BCUT2D eigenvalue weighted by Crippen LogP contribution is 2.29. The normalized spacial score (nSPS) is 11.7. The number of thioether (sulfide) groups is 2. The summed E-state index contributed by atoms with van der Waals surface area (Å²) in [6, 6.07) is 32.4. The van der Waals surface area contributed by atoms with E-state index in [4.69, 9.17) is 9.90 Å². The number of benzene rings is 5. The number of amides is 4. The first-order valence-corrected chi connectivity index (χ1v) is 28.4. The molecule has 426 valence electrons. The lowest BCUT2D eigenvalue weighted by Crippen LogP contribution is -2.41. The van der Waals surface area contributed by atoms with Gasteiger partial charge in [0.15, 0.2) is 0 Å². The average molecular weight is 1170 g/mol. The Hall–Kier alpha value is -8.75. The predicted octanol–water partition coefficient (Wildman–Crippen LogP) is 8.04. The van der Waals surface area contributed by atoms with Gasteiger partial charge in [-0.3, -0.25) is 19.2 Å². The van der Waals surface area contributed by atoms with Gasteiger partial charge in [-0.05, 0) is 115 Å².